The van der Waals surface area contributed by atoms with E-state index in [1.54, 1.807) is 38.4 Å². The van der Waals surface area contributed by atoms with Crippen LogP contribution in [-0.2, 0) is 28.7 Å². The van der Waals surface area contributed by atoms with Crippen LogP contribution in [0.4, 0.5) is 8.78 Å². The van der Waals surface area contributed by atoms with Gasteiger partial charge in [-0.3, -0.25) is 19.6 Å². The first-order valence-corrected chi connectivity index (χ1v) is 23.8. The van der Waals surface area contributed by atoms with E-state index < -0.39 is 24.0 Å². The van der Waals surface area contributed by atoms with E-state index in [4.69, 9.17) is 19.5 Å². The Morgan fingerprint density at radius 3 is 1.44 bits per heavy atom. The monoisotopic (exact) mass is 1040 g/mol. The Labute approximate surface area is 393 Å². The average Bonchev–Trinajstić information content (AvgIpc) is 4.10. The number of esters is 2. The summed E-state index contributed by atoms with van der Waals surface area (Å²) < 4.78 is 39.4. The summed E-state index contributed by atoms with van der Waals surface area (Å²) in [6, 6.07) is 7.35. The molecule has 2 amide bonds. The number of aliphatic imine (C=N–C) groups is 2. The lowest BCUT2D eigenvalue weighted by Gasteiger charge is -2.32. The second-order valence-electron chi connectivity index (χ2n) is 15.1. The van der Waals surface area contributed by atoms with E-state index in [9.17, 15) is 28.0 Å². The van der Waals surface area contributed by atoms with Gasteiger partial charge in [0.2, 0.25) is 11.8 Å². The summed E-state index contributed by atoms with van der Waals surface area (Å²) in [6.07, 6.45) is 4.57. The first-order chi connectivity index (χ1) is 30.8. The predicted molar refractivity (Wildman–Crippen MR) is 245 cm³/mol. The molecule has 4 aliphatic rings. The van der Waals surface area contributed by atoms with Crippen LogP contribution in [0.5, 0.6) is 0 Å². The predicted octanol–water partition coefficient (Wildman–Crippen LogP) is 7.64. The normalized spacial score (nSPS) is 20.1. The van der Waals surface area contributed by atoms with Gasteiger partial charge in [-0.05, 0) is 73.9 Å². The minimum absolute atomic E-state index is 0.0962. The third-order valence-electron chi connectivity index (χ3n) is 10.7. The van der Waals surface area contributed by atoms with Gasteiger partial charge in [0.05, 0.1) is 24.4 Å². The van der Waals surface area contributed by atoms with Crippen LogP contribution in [0.25, 0.3) is 0 Å². The smallest absolute Gasteiger partial charge is 0.338 e. The zero-order valence-electron chi connectivity index (χ0n) is 35.2. The minimum atomic E-state index is -0.673. The highest BCUT2D eigenvalue weighted by atomic mass is 79.9. The Kier molecular flexibility index (Phi) is 15.2. The Morgan fingerprint density at radius 2 is 1.11 bits per heavy atom. The molecule has 2 fully saturated rings. The van der Waals surface area contributed by atoms with Gasteiger partial charge in [0, 0.05) is 83.5 Å². The first-order valence-electron chi connectivity index (χ1n) is 20.5. The van der Waals surface area contributed by atoms with Gasteiger partial charge in [-0.1, -0.05) is 44.0 Å². The lowest BCUT2D eigenvalue weighted by Crippen LogP contribution is -2.36. The van der Waals surface area contributed by atoms with Crippen LogP contribution >= 0.6 is 54.5 Å². The Bertz CT molecular complexity index is 2380. The maximum absolute atomic E-state index is 13.8. The number of allylic oxidation sites excluding steroid dienone is 2. The number of halogens is 4. The summed E-state index contributed by atoms with van der Waals surface area (Å²) in [5.74, 6) is -0.353. The standard InChI is InChI=1S/2C22H22BrFN4O3S/c2*1-3-31-22(30)18-17-8-13(10-26-12(2)29)11-28(17)20(21-25-6-7-32-21)27-19(18)15-5-4-14(24)9-16(15)23/h2*4-7,9,13,19H,3,8,10-11H2,1-2H3,(H,26,29)/t13-,19+;13-,19-/m10/s1. The molecule has 2 aromatic heterocycles. The number of amides is 2. The van der Waals surface area contributed by atoms with Crippen molar-refractivity contribution < 1.29 is 37.4 Å². The second-order valence-corrected chi connectivity index (χ2v) is 18.6. The zero-order chi connectivity index (χ0) is 45.7. The SMILES string of the molecule is CCOC(=O)C1=C2C[C@@H](CNC(C)=O)CN2C(c2nccs2)=N[C@H]1c1ccc(F)cc1Br.CCOC(=O)C1=C2C[C@H](CNC(C)=O)CN2C(c2nccs2)=N[C@H]1c1ccc(F)cc1Br. The third kappa shape index (κ3) is 10.3. The number of nitrogens with one attached hydrogen (secondary N) is 2. The van der Waals surface area contributed by atoms with Crippen molar-refractivity contribution >= 4 is 90.0 Å². The van der Waals surface area contributed by atoms with E-state index in [1.807, 2.05) is 20.6 Å². The first kappa shape index (κ1) is 46.8. The Morgan fingerprint density at radius 1 is 0.703 bits per heavy atom. The summed E-state index contributed by atoms with van der Waals surface area (Å²) >= 11 is 9.78. The third-order valence-corrected chi connectivity index (χ3v) is 13.6. The number of benzene rings is 2. The fraction of sp³-hybridized carbons (Fsp3) is 0.364. The van der Waals surface area contributed by atoms with Crippen molar-refractivity contribution in [2.75, 3.05) is 39.4 Å². The van der Waals surface area contributed by atoms with Gasteiger partial charge < -0.3 is 29.9 Å². The van der Waals surface area contributed by atoms with E-state index in [-0.39, 0.29) is 48.5 Å². The fourth-order valence-electron chi connectivity index (χ4n) is 8.03. The zero-order valence-corrected chi connectivity index (χ0v) is 40.0. The molecule has 0 spiro atoms. The molecular weight excluding hydrogens is 998 g/mol. The van der Waals surface area contributed by atoms with E-state index >= 15 is 0 Å². The molecule has 6 heterocycles. The van der Waals surface area contributed by atoms with Crippen LogP contribution in [0.1, 0.15) is 73.8 Å². The molecule has 20 heteroatoms. The number of aromatic nitrogens is 2. The second kappa shape index (κ2) is 20.8. The number of hydrogen-bond donors (Lipinski definition) is 2. The number of nitrogens with zero attached hydrogens (tertiary/aromatic N) is 6. The van der Waals surface area contributed by atoms with Gasteiger partial charge in [-0.15, -0.1) is 22.7 Å². The van der Waals surface area contributed by atoms with Gasteiger partial charge in [-0.2, -0.15) is 0 Å². The maximum atomic E-state index is 13.8. The topological polar surface area (TPSA) is 168 Å². The minimum Gasteiger partial charge on any atom is -0.463 e. The largest absolute Gasteiger partial charge is 0.463 e. The quantitative estimate of drug-likeness (QED) is 0.135. The van der Waals surface area contributed by atoms with Crippen LogP contribution in [0, 0.1) is 23.5 Å². The molecule has 0 aliphatic carbocycles. The van der Waals surface area contributed by atoms with Gasteiger partial charge in [-0.25, -0.2) is 28.3 Å². The van der Waals surface area contributed by atoms with Crippen molar-refractivity contribution in [1.82, 2.24) is 30.4 Å². The van der Waals surface area contributed by atoms with E-state index in [0.717, 1.165) is 21.4 Å². The number of hydrogen-bond acceptors (Lipinski definition) is 14. The highest BCUT2D eigenvalue weighted by Gasteiger charge is 2.44. The molecule has 2 N–H and O–H groups in total. The summed E-state index contributed by atoms with van der Waals surface area (Å²) in [7, 11) is 0. The van der Waals surface area contributed by atoms with Crippen LogP contribution < -0.4 is 10.6 Å². The number of carbonyl (C=O) groups excluding carboxylic acids is 4. The summed E-state index contributed by atoms with van der Waals surface area (Å²) in [5.41, 5.74) is 3.82. The molecule has 0 bridgehead atoms. The lowest BCUT2D eigenvalue weighted by molar-refractivity contribution is -0.140. The van der Waals surface area contributed by atoms with Crippen LogP contribution in [-0.4, -0.2) is 94.6 Å². The van der Waals surface area contributed by atoms with Gasteiger partial charge in [0.15, 0.2) is 21.7 Å². The molecule has 4 aromatic rings. The van der Waals surface area contributed by atoms with E-state index in [0.29, 0.717) is 81.9 Å². The number of thiazole rings is 2. The molecule has 2 saturated heterocycles. The molecule has 0 radical (unpaired) electrons. The molecule has 336 valence electrons. The molecule has 0 saturated carbocycles. The number of rotatable bonds is 12. The van der Waals surface area contributed by atoms with Crippen molar-refractivity contribution in [1.29, 1.82) is 0 Å². The molecular formula is C44H44Br2F2N8O6S2. The van der Waals surface area contributed by atoms with Crippen molar-refractivity contribution in [3.63, 3.8) is 0 Å². The molecule has 0 unspecified atom stereocenters. The van der Waals surface area contributed by atoms with Crippen LogP contribution in [0.2, 0.25) is 0 Å². The summed E-state index contributed by atoms with van der Waals surface area (Å²) in [4.78, 5) is 71.9. The number of amidine groups is 2. The number of carbonyl (C=O) groups is 4. The maximum Gasteiger partial charge on any atom is 0.338 e. The molecule has 2 aromatic carbocycles. The molecule has 8 rings (SSSR count). The van der Waals surface area contributed by atoms with Crippen molar-refractivity contribution in [3.05, 3.63) is 124 Å². The average molecular weight is 1040 g/mol. The Hall–Kier alpha value is -5.18. The lowest BCUT2D eigenvalue weighted by atomic mass is 9.94. The van der Waals surface area contributed by atoms with Crippen LogP contribution in [0.3, 0.4) is 0 Å². The van der Waals surface area contributed by atoms with Crippen LogP contribution in [0.15, 0.2) is 101 Å². The van der Waals surface area contributed by atoms with E-state index in [1.165, 1.54) is 60.8 Å². The van der Waals surface area contributed by atoms with Gasteiger partial charge in [0.1, 0.15) is 23.7 Å². The Balaban J connectivity index is 0.000000191. The molecule has 64 heavy (non-hydrogen) atoms. The molecule has 4 aliphatic heterocycles. The highest BCUT2D eigenvalue weighted by molar-refractivity contribution is 9.10. The van der Waals surface area contributed by atoms with Crippen molar-refractivity contribution in [2.24, 2.45) is 21.8 Å². The van der Waals surface area contributed by atoms with E-state index in [2.05, 4.69) is 52.5 Å². The highest BCUT2D eigenvalue weighted by Crippen LogP contribution is 2.45. The summed E-state index contributed by atoms with van der Waals surface area (Å²) in [5, 5.41) is 10.9. The number of fused-ring (bicyclic) bond motifs is 2. The number of ether oxygens (including phenoxy) is 2. The van der Waals surface area contributed by atoms with Crippen molar-refractivity contribution in [3.8, 4) is 0 Å². The molecule has 14 nitrogen and oxygen atoms in total. The van der Waals surface area contributed by atoms with Gasteiger partial charge in [0.25, 0.3) is 0 Å². The summed E-state index contributed by atoms with van der Waals surface area (Å²) in [6.45, 7) is 9.09. The fourth-order valence-corrected chi connectivity index (χ4v) is 10.4. The molecule has 4 atom stereocenters. The van der Waals surface area contributed by atoms with Gasteiger partial charge >= 0.3 is 11.9 Å². The van der Waals surface area contributed by atoms with Crippen molar-refractivity contribution in [2.45, 2.75) is 52.6 Å².